The summed E-state index contributed by atoms with van der Waals surface area (Å²) in [6.07, 6.45) is 10.3. The highest BCUT2D eigenvalue weighted by Crippen LogP contribution is 2.24. The third-order valence-corrected chi connectivity index (χ3v) is 5.68. The van der Waals surface area contributed by atoms with Crippen LogP contribution in [0.4, 0.5) is 0 Å². The van der Waals surface area contributed by atoms with E-state index < -0.39 is 0 Å². The molecular weight excluding hydrogens is 384 g/mol. The Morgan fingerprint density at radius 2 is 1.35 bits per heavy atom. The van der Waals surface area contributed by atoms with Crippen LogP contribution < -0.4 is 4.74 Å². The van der Waals surface area contributed by atoms with Gasteiger partial charge in [-0.25, -0.2) is 0 Å². The molecule has 0 saturated carbocycles. The first kappa shape index (κ1) is 24.8. The van der Waals surface area contributed by atoms with Crippen molar-refractivity contribution in [2.45, 2.75) is 85.0 Å². The quantitative estimate of drug-likeness (QED) is 0.134. The van der Waals surface area contributed by atoms with Crippen LogP contribution in [-0.4, -0.2) is 11.8 Å². The van der Waals surface area contributed by atoms with Crippen LogP contribution in [0.15, 0.2) is 48.5 Å². The van der Waals surface area contributed by atoms with E-state index in [9.17, 15) is 9.59 Å². The summed E-state index contributed by atoms with van der Waals surface area (Å²) in [6, 6.07) is 15.4. The number of carbonyl (C=O) groups is 2. The monoisotopic (exact) mass is 422 g/mol. The summed E-state index contributed by atoms with van der Waals surface area (Å²) in [5.74, 6) is 0.964. The summed E-state index contributed by atoms with van der Waals surface area (Å²) in [5.41, 5.74) is 2.86. The standard InChI is InChI=1S/C28H38O3/c1-4-6-7-8-9-10-12-27(29)25-15-13-23(14-16-25)24-17-19-26(20-18-24)31-28(30)21-22(3)11-5-2/h13-20,22H,4-12,21H2,1-3H3. The van der Waals surface area contributed by atoms with Gasteiger partial charge in [0.2, 0.25) is 0 Å². The second-order valence-corrected chi connectivity index (χ2v) is 8.61. The number of ether oxygens (including phenoxy) is 1. The van der Waals surface area contributed by atoms with E-state index in [1.165, 1.54) is 25.7 Å². The van der Waals surface area contributed by atoms with Crippen molar-refractivity contribution in [3.8, 4) is 16.9 Å². The fraction of sp³-hybridized carbons (Fsp3) is 0.500. The topological polar surface area (TPSA) is 43.4 Å². The van der Waals surface area contributed by atoms with Crippen molar-refractivity contribution in [1.29, 1.82) is 0 Å². The summed E-state index contributed by atoms with van der Waals surface area (Å²) in [6.45, 7) is 6.42. The molecule has 0 radical (unpaired) electrons. The molecule has 0 amide bonds. The molecule has 0 aromatic heterocycles. The maximum absolute atomic E-state index is 12.4. The van der Waals surface area contributed by atoms with E-state index in [1.54, 1.807) is 0 Å². The molecule has 2 aromatic carbocycles. The molecule has 2 rings (SSSR count). The molecule has 3 heteroatoms. The van der Waals surface area contributed by atoms with Crippen LogP contribution >= 0.6 is 0 Å². The molecule has 1 atom stereocenters. The summed E-state index contributed by atoms with van der Waals surface area (Å²) in [7, 11) is 0. The molecule has 0 aliphatic carbocycles. The number of hydrogen-bond donors (Lipinski definition) is 0. The molecule has 31 heavy (non-hydrogen) atoms. The highest BCUT2D eigenvalue weighted by atomic mass is 16.5. The normalized spacial score (nSPS) is 11.8. The molecule has 0 saturated heterocycles. The number of Topliss-reactive ketones (excluding diaryl/α,β-unsaturated/α-hetero) is 1. The van der Waals surface area contributed by atoms with Gasteiger partial charge >= 0.3 is 5.97 Å². The Labute approximate surface area is 188 Å². The van der Waals surface area contributed by atoms with Crippen molar-refractivity contribution in [3.05, 3.63) is 54.1 Å². The van der Waals surface area contributed by atoms with Crippen molar-refractivity contribution >= 4 is 11.8 Å². The van der Waals surface area contributed by atoms with E-state index in [0.717, 1.165) is 42.4 Å². The minimum absolute atomic E-state index is 0.179. The maximum atomic E-state index is 12.4. The lowest BCUT2D eigenvalue weighted by molar-refractivity contribution is -0.135. The van der Waals surface area contributed by atoms with E-state index in [0.29, 0.717) is 24.5 Å². The van der Waals surface area contributed by atoms with Crippen LogP contribution in [0.5, 0.6) is 5.75 Å². The highest BCUT2D eigenvalue weighted by molar-refractivity contribution is 5.96. The Hall–Kier alpha value is -2.42. The Bertz CT molecular complexity index is 790. The summed E-state index contributed by atoms with van der Waals surface area (Å²) in [5, 5.41) is 0. The van der Waals surface area contributed by atoms with Crippen molar-refractivity contribution in [3.63, 3.8) is 0 Å². The van der Waals surface area contributed by atoms with Crippen molar-refractivity contribution in [1.82, 2.24) is 0 Å². The average molecular weight is 423 g/mol. The van der Waals surface area contributed by atoms with Crippen molar-refractivity contribution in [2.24, 2.45) is 5.92 Å². The zero-order chi connectivity index (χ0) is 22.5. The van der Waals surface area contributed by atoms with E-state index in [-0.39, 0.29) is 11.8 Å². The van der Waals surface area contributed by atoms with Crippen molar-refractivity contribution in [2.75, 3.05) is 0 Å². The van der Waals surface area contributed by atoms with Crippen LogP contribution in [0.3, 0.4) is 0 Å². The number of esters is 1. The third-order valence-electron chi connectivity index (χ3n) is 5.68. The molecule has 0 aliphatic heterocycles. The molecule has 0 aliphatic rings. The minimum Gasteiger partial charge on any atom is -0.427 e. The van der Waals surface area contributed by atoms with Gasteiger partial charge in [0.1, 0.15) is 5.75 Å². The Balaban J connectivity index is 1.84. The van der Waals surface area contributed by atoms with Gasteiger partial charge in [-0.05, 0) is 35.6 Å². The molecule has 2 aromatic rings. The lowest BCUT2D eigenvalue weighted by Crippen LogP contribution is -2.12. The largest absolute Gasteiger partial charge is 0.427 e. The number of hydrogen-bond acceptors (Lipinski definition) is 3. The van der Waals surface area contributed by atoms with Gasteiger partial charge in [-0.3, -0.25) is 9.59 Å². The third kappa shape index (κ3) is 9.08. The first-order valence-corrected chi connectivity index (χ1v) is 12.0. The Morgan fingerprint density at radius 3 is 1.97 bits per heavy atom. The predicted octanol–water partition coefficient (Wildman–Crippen LogP) is 8.02. The number of benzene rings is 2. The van der Waals surface area contributed by atoms with Gasteiger partial charge in [0.15, 0.2) is 5.78 Å². The maximum Gasteiger partial charge on any atom is 0.311 e. The smallest absolute Gasteiger partial charge is 0.311 e. The fourth-order valence-corrected chi connectivity index (χ4v) is 3.83. The first-order chi connectivity index (χ1) is 15.0. The predicted molar refractivity (Wildman–Crippen MR) is 129 cm³/mol. The zero-order valence-electron chi connectivity index (χ0n) is 19.5. The molecule has 168 valence electrons. The van der Waals surface area contributed by atoms with Gasteiger partial charge < -0.3 is 4.74 Å². The second kappa shape index (κ2) is 13.8. The minimum atomic E-state index is -0.179. The van der Waals surface area contributed by atoms with Crippen LogP contribution in [0.25, 0.3) is 11.1 Å². The first-order valence-electron chi connectivity index (χ1n) is 12.0. The van der Waals surface area contributed by atoms with E-state index in [4.69, 9.17) is 4.74 Å². The number of unbranched alkanes of at least 4 members (excludes halogenated alkanes) is 5. The van der Waals surface area contributed by atoms with E-state index in [1.807, 2.05) is 48.5 Å². The Kier molecular flexibility index (Phi) is 11.1. The second-order valence-electron chi connectivity index (χ2n) is 8.61. The summed E-state index contributed by atoms with van der Waals surface area (Å²) < 4.78 is 5.46. The lowest BCUT2D eigenvalue weighted by Gasteiger charge is -2.10. The van der Waals surface area contributed by atoms with E-state index >= 15 is 0 Å². The number of carbonyl (C=O) groups excluding carboxylic acids is 2. The van der Waals surface area contributed by atoms with Crippen LogP contribution in [0, 0.1) is 5.92 Å². The van der Waals surface area contributed by atoms with E-state index in [2.05, 4.69) is 20.8 Å². The molecule has 0 heterocycles. The Morgan fingerprint density at radius 1 is 0.774 bits per heavy atom. The van der Waals surface area contributed by atoms with Gasteiger partial charge in [0.25, 0.3) is 0 Å². The molecule has 0 N–H and O–H groups in total. The average Bonchev–Trinajstić information content (AvgIpc) is 2.76. The molecule has 1 unspecified atom stereocenters. The van der Waals surface area contributed by atoms with Crippen molar-refractivity contribution < 1.29 is 14.3 Å². The highest BCUT2D eigenvalue weighted by Gasteiger charge is 2.11. The molecule has 0 bridgehead atoms. The van der Waals surface area contributed by atoms with Gasteiger partial charge in [-0.1, -0.05) is 102 Å². The lowest BCUT2D eigenvalue weighted by atomic mass is 10.00. The molecule has 0 spiro atoms. The number of rotatable bonds is 14. The molecule has 3 nitrogen and oxygen atoms in total. The molecular formula is C28H38O3. The van der Waals surface area contributed by atoms with Gasteiger partial charge in [-0.2, -0.15) is 0 Å². The molecule has 0 fully saturated rings. The van der Waals surface area contributed by atoms with Gasteiger partial charge in [-0.15, -0.1) is 0 Å². The summed E-state index contributed by atoms with van der Waals surface area (Å²) in [4.78, 5) is 24.4. The van der Waals surface area contributed by atoms with Crippen LogP contribution in [0.2, 0.25) is 0 Å². The SMILES string of the molecule is CCCCCCCCC(=O)c1ccc(-c2ccc(OC(=O)CC(C)CCC)cc2)cc1. The summed E-state index contributed by atoms with van der Waals surface area (Å²) >= 11 is 0. The zero-order valence-corrected chi connectivity index (χ0v) is 19.5. The van der Waals surface area contributed by atoms with Gasteiger partial charge in [0.05, 0.1) is 0 Å². The fourth-order valence-electron chi connectivity index (χ4n) is 3.83. The van der Waals surface area contributed by atoms with Gasteiger partial charge in [0, 0.05) is 18.4 Å². The number of ketones is 1. The van der Waals surface area contributed by atoms with Crippen LogP contribution in [0.1, 0.15) is 95.3 Å². The van der Waals surface area contributed by atoms with Crippen LogP contribution in [-0.2, 0) is 4.79 Å².